The van der Waals surface area contributed by atoms with Gasteiger partial charge in [-0.2, -0.15) is 0 Å². The highest BCUT2D eigenvalue weighted by Gasteiger charge is 2.38. The third-order valence-corrected chi connectivity index (χ3v) is 12.4. The molecule has 0 unspecified atom stereocenters. The quantitative estimate of drug-likeness (QED) is 0.184. The fourth-order valence-corrected chi connectivity index (χ4v) is 5.36. The molecule has 0 saturated carbocycles. The van der Waals surface area contributed by atoms with Crippen LogP contribution in [0.15, 0.2) is 78.9 Å². The fourth-order valence-electron chi connectivity index (χ4n) is 4.40. The van der Waals surface area contributed by atoms with Crippen LogP contribution in [0.4, 0.5) is 0 Å². The smallest absolute Gasteiger partial charge is 0.310 e. The molecular formula is C35H46O5Si. The van der Waals surface area contributed by atoms with Crippen molar-refractivity contribution in [2.24, 2.45) is 11.8 Å². The Morgan fingerprint density at radius 1 is 0.707 bits per heavy atom. The van der Waals surface area contributed by atoms with Gasteiger partial charge in [0.2, 0.25) is 0 Å². The molecule has 3 aromatic rings. The topological polar surface area (TPSA) is 72.8 Å². The number of aliphatic carboxylic acids is 1. The maximum Gasteiger partial charge on any atom is 0.310 e. The third kappa shape index (κ3) is 9.40. The van der Waals surface area contributed by atoms with E-state index in [0.29, 0.717) is 6.61 Å². The van der Waals surface area contributed by atoms with Gasteiger partial charge in [-0.1, -0.05) is 99.6 Å². The predicted octanol–water partition coefficient (Wildman–Crippen LogP) is 8.32. The van der Waals surface area contributed by atoms with E-state index >= 15 is 0 Å². The highest BCUT2D eigenvalue weighted by Crippen LogP contribution is 2.37. The minimum absolute atomic E-state index is 0.170. The molecule has 0 spiro atoms. The zero-order valence-electron chi connectivity index (χ0n) is 25.9. The zero-order valence-corrected chi connectivity index (χ0v) is 26.9. The van der Waals surface area contributed by atoms with Crippen molar-refractivity contribution in [3.63, 3.8) is 0 Å². The number of carbonyl (C=O) groups is 2. The molecule has 3 aromatic carbocycles. The molecule has 0 saturated heterocycles. The van der Waals surface area contributed by atoms with Crippen LogP contribution in [-0.4, -0.2) is 31.0 Å². The van der Waals surface area contributed by atoms with E-state index in [1.54, 1.807) is 20.8 Å². The SMILES string of the molecule is CC(C)(C)OC(=O)[C@@H](Cc1ccc(-c2ccc(CO[Si](C)(C)C(C)(C)C)cc2)cc1)[C@H](Cc1ccccc1)C(=O)O. The Labute approximate surface area is 247 Å². The van der Waals surface area contributed by atoms with Gasteiger partial charge >= 0.3 is 11.9 Å². The maximum absolute atomic E-state index is 13.3. The standard InChI is InChI=1S/C35H46O5Si/c1-34(2,3)40-33(38)31(30(32(36)37)22-25-12-10-9-11-13-25)23-26-14-18-28(19-15-26)29-20-16-27(17-21-29)24-39-41(7,8)35(4,5)6/h9-21,30-31H,22-24H2,1-8H3,(H,36,37)/t30-,31-/m0/s1. The van der Waals surface area contributed by atoms with Gasteiger partial charge in [-0.15, -0.1) is 0 Å². The van der Waals surface area contributed by atoms with E-state index in [1.807, 2.05) is 54.6 Å². The second kappa shape index (κ2) is 13.2. The normalized spacial score (nSPS) is 13.9. The summed E-state index contributed by atoms with van der Waals surface area (Å²) in [5, 5.41) is 10.3. The summed E-state index contributed by atoms with van der Waals surface area (Å²) < 4.78 is 12.1. The average Bonchev–Trinajstić information content (AvgIpc) is 2.89. The summed E-state index contributed by atoms with van der Waals surface area (Å²) in [5.74, 6) is -3.22. The first kappa shape index (κ1) is 32.3. The van der Waals surface area contributed by atoms with Crippen molar-refractivity contribution in [1.29, 1.82) is 0 Å². The Balaban J connectivity index is 1.77. The lowest BCUT2D eigenvalue weighted by Crippen LogP contribution is -2.40. The molecular weight excluding hydrogens is 528 g/mol. The van der Waals surface area contributed by atoms with Gasteiger partial charge in [-0.25, -0.2) is 0 Å². The molecule has 2 atom stereocenters. The molecule has 0 aliphatic rings. The molecule has 6 heteroatoms. The van der Waals surface area contributed by atoms with E-state index in [1.165, 1.54) is 0 Å². The lowest BCUT2D eigenvalue weighted by Gasteiger charge is -2.36. The first-order chi connectivity index (χ1) is 19.1. The summed E-state index contributed by atoms with van der Waals surface area (Å²) in [5.41, 5.74) is 4.35. The number of hydrogen-bond acceptors (Lipinski definition) is 4. The number of hydrogen-bond donors (Lipinski definition) is 1. The Kier molecular flexibility index (Phi) is 10.4. The number of benzene rings is 3. The monoisotopic (exact) mass is 574 g/mol. The summed E-state index contributed by atoms with van der Waals surface area (Å²) in [6, 6.07) is 25.8. The van der Waals surface area contributed by atoms with Gasteiger partial charge in [0, 0.05) is 0 Å². The molecule has 0 aromatic heterocycles. The summed E-state index contributed by atoms with van der Waals surface area (Å²) >= 11 is 0. The van der Waals surface area contributed by atoms with Crippen LogP contribution in [0, 0.1) is 11.8 Å². The van der Waals surface area contributed by atoms with E-state index in [2.05, 4.69) is 58.1 Å². The maximum atomic E-state index is 13.3. The van der Waals surface area contributed by atoms with E-state index in [4.69, 9.17) is 9.16 Å². The van der Waals surface area contributed by atoms with Crippen LogP contribution in [-0.2, 0) is 38.2 Å². The molecule has 0 aliphatic carbocycles. The lowest BCUT2D eigenvalue weighted by atomic mass is 9.82. The Morgan fingerprint density at radius 3 is 1.63 bits per heavy atom. The van der Waals surface area contributed by atoms with Crippen LogP contribution in [0.2, 0.25) is 18.1 Å². The van der Waals surface area contributed by atoms with Crippen LogP contribution in [0.5, 0.6) is 0 Å². The minimum Gasteiger partial charge on any atom is -0.481 e. The second-order valence-electron chi connectivity index (χ2n) is 13.4. The van der Waals surface area contributed by atoms with Gasteiger partial charge in [0.1, 0.15) is 5.60 Å². The van der Waals surface area contributed by atoms with Crippen LogP contribution in [0.25, 0.3) is 11.1 Å². The number of esters is 1. The third-order valence-electron chi connectivity index (χ3n) is 7.91. The van der Waals surface area contributed by atoms with Crippen LogP contribution in [0.1, 0.15) is 58.2 Å². The highest BCUT2D eigenvalue weighted by molar-refractivity contribution is 6.74. The molecule has 0 heterocycles. The molecule has 3 rings (SSSR count). The number of rotatable bonds is 11. The number of carboxylic acid groups (broad SMARTS) is 1. The highest BCUT2D eigenvalue weighted by atomic mass is 28.4. The van der Waals surface area contributed by atoms with Gasteiger partial charge in [-0.05, 0) is 79.6 Å². The first-order valence-electron chi connectivity index (χ1n) is 14.4. The van der Waals surface area contributed by atoms with Crippen molar-refractivity contribution >= 4 is 20.3 Å². The van der Waals surface area contributed by atoms with Gasteiger partial charge in [0.25, 0.3) is 0 Å². The fraction of sp³-hybridized carbons (Fsp3) is 0.429. The zero-order chi connectivity index (χ0) is 30.4. The van der Waals surface area contributed by atoms with Crippen molar-refractivity contribution < 1.29 is 23.9 Å². The van der Waals surface area contributed by atoms with Crippen molar-refractivity contribution in [3.8, 4) is 11.1 Å². The molecule has 41 heavy (non-hydrogen) atoms. The second-order valence-corrected chi connectivity index (χ2v) is 18.2. The van der Waals surface area contributed by atoms with Crippen LogP contribution < -0.4 is 0 Å². The molecule has 0 fully saturated rings. The predicted molar refractivity (Wildman–Crippen MR) is 168 cm³/mol. The van der Waals surface area contributed by atoms with Gasteiger partial charge in [0.05, 0.1) is 18.4 Å². The number of carboxylic acids is 1. The van der Waals surface area contributed by atoms with E-state index in [0.717, 1.165) is 27.8 Å². The summed E-state index contributed by atoms with van der Waals surface area (Å²) in [4.78, 5) is 25.7. The van der Waals surface area contributed by atoms with Crippen molar-refractivity contribution in [2.75, 3.05) is 0 Å². The van der Waals surface area contributed by atoms with E-state index in [9.17, 15) is 14.7 Å². The van der Waals surface area contributed by atoms with E-state index < -0.39 is 37.7 Å². The molecule has 5 nitrogen and oxygen atoms in total. The minimum atomic E-state index is -1.81. The van der Waals surface area contributed by atoms with Gasteiger partial charge in [0.15, 0.2) is 8.32 Å². The lowest BCUT2D eigenvalue weighted by molar-refractivity contribution is -0.166. The van der Waals surface area contributed by atoms with Crippen molar-refractivity contribution in [3.05, 3.63) is 95.6 Å². The summed E-state index contributed by atoms with van der Waals surface area (Å²) in [6.45, 7) is 17.3. The summed E-state index contributed by atoms with van der Waals surface area (Å²) in [7, 11) is -1.81. The molecule has 0 bridgehead atoms. The van der Waals surface area contributed by atoms with Crippen molar-refractivity contribution in [2.45, 2.75) is 84.7 Å². The molecule has 0 amide bonds. The Morgan fingerprint density at radius 2 is 1.17 bits per heavy atom. The van der Waals surface area contributed by atoms with Crippen LogP contribution in [0.3, 0.4) is 0 Å². The van der Waals surface area contributed by atoms with Crippen LogP contribution >= 0.6 is 0 Å². The first-order valence-corrected chi connectivity index (χ1v) is 17.3. The summed E-state index contributed by atoms with van der Waals surface area (Å²) in [6.07, 6.45) is 0.534. The van der Waals surface area contributed by atoms with Gasteiger partial charge in [-0.3, -0.25) is 9.59 Å². The largest absolute Gasteiger partial charge is 0.481 e. The number of carbonyl (C=O) groups excluding carboxylic acids is 1. The molecule has 1 N–H and O–H groups in total. The van der Waals surface area contributed by atoms with E-state index in [-0.39, 0.29) is 17.9 Å². The van der Waals surface area contributed by atoms with Gasteiger partial charge < -0.3 is 14.3 Å². The Bertz CT molecular complexity index is 1280. The molecule has 0 aliphatic heterocycles. The Hall–Kier alpha value is -3.22. The average molecular weight is 575 g/mol. The molecule has 220 valence electrons. The van der Waals surface area contributed by atoms with Crippen molar-refractivity contribution in [1.82, 2.24) is 0 Å². The molecule has 0 radical (unpaired) electrons. The number of ether oxygens (including phenoxy) is 1.